The molecule has 0 aliphatic rings. The summed E-state index contributed by atoms with van der Waals surface area (Å²) in [6, 6.07) is 41.6. The first-order valence-corrected chi connectivity index (χ1v) is 13.7. The molecule has 7 heteroatoms. The number of nitro groups is 1. The molecule has 7 rings (SSSR count). The van der Waals surface area contributed by atoms with E-state index in [1.807, 2.05) is 79.0 Å². The third kappa shape index (κ3) is 4.04. The number of aromatic nitrogens is 3. The van der Waals surface area contributed by atoms with E-state index in [-0.39, 0.29) is 11.4 Å². The van der Waals surface area contributed by atoms with E-state index < -0.39 is 10.5 Å². The van der Waals surface area contributed by atoms with Gasteiger partial charge in [0.05, 0.1) is 22.7 Å². The maximum Gasteiger partial charge on any atom is 0.279 e. The summed E-state index contributed by atoms with van der Waals surface area (Å²) < 4.78 is 2.27. The predicted octanol–water partition coefficient (Wildman–Crippen LogP) is 8.55. The van der Waals surface area contributed by atoms with Crippen molar-refractivity contribution in [3.8, 4) is 11.3 Å². The van der Waals surface area contributed by atoms with Crippen molar-refractivity contribution in [3.05, 3.63) is 178 Å². The Morgan fingerprint density at radius 2 is 1.35 bits per heavy atom. The van der Waals surface area contributed by atoms with E-state index in [9.17, 15) is 10.1 Å². The van der Waals surface area contributed by atoms with Gasteiger partial charge in [-0.1, -0.05) is 97.1 Å². The highest BCUT2D eigenvalue weighted by molar-refractivity contribution is 6.07. The summed E-state index contributed by atoms with van der Waals surface area (Å²) in [6.07, 6.45) is 3.65. The van der Waals surface area contributed by atoms with Gasteiger partial charge in [0.1, 0.15) is 11.2 Å². The Kier molecular flexibility index (Phi) is 6.22. The quantitative estimate of drug-likeness (QED) is 0.0888. The van der Waals surface area contributed by atoms with Gasteiger partial charge in [0, 0.05) is 34.8 Å². The molecule has 7 nitrogen and oxygen atoms in total. The third-order valence-electron chi connectivity index (χ3n) is 7.91. The van der Waals surface area contributed by atoms with Crippen LogP contribution < -0.4 is 0 Å². The number of rotatable bonds is 6. The number of nitro benzene ring substituents is 1. The molecule has 0 unspecified atom stereocenters. The first-order chi connectivity index (χ1) is 21.1. The molecular formula is C36H23N5O2. The first-order valence-electron chi connectivity index (χ1n) is 13.7. The molecule has 0 bridgehead atoms. The zero-order chi connectivity index (χ0) is 29.4. The van der Waals surface area contributed by atoms with Crippen LogP contribution in [0.1, 0.15) is 16.7 Å². The van der Waals surface area contributed by atoms with E-state index in [1.54, 1.807) is 12.3 Å². The highest BCUT2D eigenvalue weighted by Crippen LogP contribution is 2.46. The molecule has 0 amide bonds. The van der Waals surface area contributed by atoms with Crippen LogP contribution in [-0.4, -0.2) is 19.5 Å². The highest BCUT2D eigenvalue weighted by atomic mass is 16.6. The molecule has 204 valence electrons. The lowest BCUT2D eigenvalue weighted by Crippen LogP contribution is -2.37. The van der Waals surface area contributed by atoms with Gasteiger partial charge in [0.2, 0.25) is 0 Å². The molecule has 3 heterocycles. The Morgan fingerprint density at radius 1 is 0.744 bits per heavy atom. The molecule has 4 aromatic carbocycles. The number of nitrogens with zero attached hydrogens (tertiary/aromatic N) is 5. The van der Waals surface area contributed by atoms with E-state index in [4.69, 9.17) is 11.6 Å². The normalized spacial score (nSPS) is 11.4. The molecule has 0 spiro atoms. The SMILES string of the molecule is [C-]#[N+]c1ccc(-c2ccc3c4cnccc4n(C(c4ccccc4)(c4ccccc4)c4ccccc4)c3n2)cc1[N+](=O)[O-]. The van der Waals surface area contributed by atoms with Crippen molar-refractivity contribution in [2.75, 3.05) is 0 Å². The topological polar surface area (TPSA) is 78.2 Å². The molecule has 0 fully saturated rings. The standard InChI is InChI=1S/C36H23N5O2/c1-37-32-19-17-25(23-34(32)41(42)43)31-20-18-29-30-24-38-22-21-33(30)40(35(29)39-31)36(26-11-5-2-6-12-26,27-13-7-3-8-14-27)28-15-9-4-10-16-28/h2-24H. The van der Waals surface area contributed by atoms with E-state index in [0.717, 1.165) is 33.0 Å². The Morgan fingerprint density at radius 3 is 1.91 bits per heavy atom. The molecule has 0 aliphatic carbocycles. The van der Waals surface area contributed by atoms with E-state index in [1.165, 1.54) is 12.1 Å². The van der Waals surface area contributed by atoms with Crippen LogP contribution in [0.2, 0.25) is 0 Å². The molecule has 0 saturated carbocycles. The van der Waals surface area contributed by atoms with Crippen molar-refractivity contribution in [1.82, 2.24) is 14.5 Å². The van der Waals surface area contributed by atoms with Crippen molar-refractivity contribution < 1.29 is 4.92 Å². The van der Waals surface area contributed by atoms with Gasteiger partial charge in [0.15, 0.2) is 0 Å². The van der Waals surface area contributed by atoms with Gasteiger partial charge in [-0.05, 0) is 41.0 Å². The van der Waals surface area contributed by atoms with Crippen molar-refractivity contribution in [3.63, 3.8) is 0 Å². The van der Waals surface area contributed by atoms with Gasteiger partial charge in [-0.3, -0.25) is 15.1 Å². The summed E-state index contributed by atoms with van der Waals surface area (Å²) in [6.45, 7) is 7.36. The van der Waals surface area contributed by atoms with Crippen molar-refractivity contribution >= 4 is 33.3 Å². The monoisotopic (exact) mass is 557 g/mol. The Hall–Kier alpha value is -6.13. The molecular weight excluding hydrogens is 534 g/mol. The molecule has 0 radical (unpaired) electrons. The minimum absolute atomic E-state index is 0.00809. The Bertz CT molecular complexity index is 2070. The fourth-order valence-electron chi connectivity index (χ4n) is 6.08. The summed E-state index contributed by atoms with van der Waals surface area (Å²) in [5.74, 6) is 0. The van der Waals surface area contributed by atoms with Crippen LogP contribution in [0.4, 0.5) is 11.4 Å². The van der Waals surface area contributed by atoms with Gasteiger partial charge in [-0.2, -0.15) is 0 Å². The van der Waals surface area contributed by atoms with Crippen LogP contribution in [0.25, 0.3) is 38.0 Å². The van der Waals surface area contributed by atoms with Crippen LogP contribution in [-0.2, 0) is 5.54 Å². The fraction of sp³-hybridized carbons (Fsp3) is 0.0278. The number of hydrogen-bond acceptors (Lipinski definition) is 4. The summed E-state index contributed by atoms with van der Waals surface area (Å²) in [4.78, 5) is 24.3. The zero-order valence-electron chi connectivity index (χ0n) is 22.8. The van der Waals surface area contributed by atoms with Crippen molar-refractivity contribution in [2.45, 2.75) is 5.54 Å². The lowest BCUT2D eigenvalue weighted by atomic mass is 9.76. The van der Waals surface area contributed by atoms with E-state index in [0.29, 0.717) is 16.9 Å². The highest BCUT2D eigenvalue weighted by Gasteiger charge is 2.41. The minimum atomic E-state index is -0.837. The smallest absolute Gasteiger partial charge is 0.279 e. The fourth-order valence-corrected chi connectivity index (χ4v) is 6.08. The van der Waals surface area contributed by atoms with E-state index >= 15 is 0 Å². The van der Waals surface area contributed by atoms with Crippen molar-refractivity contribution in [2.24, 2.45) is 0 Å². The average Bonchev–Trinajstić information content (AvgIpc) is 3.40. The van der Waals surface area contributed by atoms with Crippen LogP contribution >= 0.6 is 0 Å². The maximum atomic E-state index is 11.8. The van der Waals surface area contributed by atoms with Gasteiger partial charge in [-0.15, -0.1) is 0 Å². The summed E-state index contributed by atoms with van der Waals surface area (Å²) >= 11 is 0. The second-order valence-electron chi connectivity index (χ2n) is 10.2. The maximum absolute atomic E-state index is 11.8. The number of fused-ring (bicyclic) bond motifs is 3. The molecule has 0 aliphatic heterocycles. The number of pyridine rings is 2. The third-order valence-corrected chi connectivity index (χ3v) is 7.91. The molecule has 0 saturated heterocycles. The van der Waals surface area contributed by atoms with Crippen LogP contribution in [0.3, 0.4) is 0 Å². The van der Waals surface area contributed by atoms with E-state index in [2.05, 4.69) is 50.8 Å². The van der Waals surface area contributed by atoms with Gasteiger partial charge in [0.25, 0.3) is 11.4 Å². The zero-order valence-corrected chi connectivity index (χ0v) is 22.8. The van der Waals surface area contributed by atoms with Gasteiger partial charge < -0.3 is 4.57 Å². The summed E-state index contributed by atoms with van der Waals surface area (Å²) in [5.41, 5.74) is 4.82. The lowest BCUT2D eigenvalue weighted by Gasteiger charge is -2.38. The number of benzene rings is 4. The molecule has 0 atom stereocenters. The van der Waals surface area contributed by atoms with Crippen molar-refractivity contribution in [1.29, 1.82) is 0 Å². The lowest BCUT2D eigenvalue weighted by molar-refractivity contribution is -0.383. The summed E-state index contributed by atoms with van der Waals surface area (Å²) in [7, 11) is 0. The second kappa shape index (κ2) is 10.4. The average molecular weight is 558 g/mol. The first kappa shape index (κ1) is 25.8. The van der Waals surface area contributed by atoms with Crippen LogP contribution in [0, 0.1) is 16.7 Å². The van der Waals surface area contributed by atoms with Crippen LogP contribution in [0.15, 0.2) is 140 Å². The van der Waals surface area contributed by atoms with Gasteiger partial charge >= 0.3 is 0 Å². The van der Waals surface area contributed by atoms with Crippen LogP contribution in [0.5, 0.6) is 0 Å². The molecule has 3 aromatic heterocycles. The predicted molar refractivity (Wildman–Crippen MR) is 168 cm³/mol. The Balaban J connectivity index is 1.65. The molecule has 7 aromatic rings. The minimum Gasteiger partial charge on any atom is -0.307 e. The van der Waals surface area contributed by atoms with Gasteiger partial charge in [-0.25, -0.2) is 9.83 Å². The number of hydrogen-bond donors (Lipinski definition) is 0. The second-order valence-corrected chi connectivity index (χ2v) is 10.2. The largest absolute Gasteiger partial charge is 0.307 e. The molecule has 0 N–H and O–H groups in total. The summed E-state index contributed by atoms with van der Waals surface area (Å²) in [5, 5.41) is 13.6. The molecule has 43 heavy (non-hydrogen) atoms. The Labute approximate surface area is 247 Å².